The van der Waals surface area contributed by atoms with Crippen molar-refractivity contribution in [2.45, 2.75) is 25.7 Å². The van der Waals surface area contributed by atoms with Crippen LogP contribution in [0.1, 0.15) is 13.8 Å². The van der Waals surface area contributed by atoms with E-state index in [1.54, 1.807) is 48.5 Å². The van der Waals surface area contributed by atoms with Gasteiger partial charge in [0.15, 0.2) is 5.79 Å². The van der Waals surface area contributed by atoms with Gasteiger partial charge in [0.25, 0.3) is 0 Å². The molecular weight excluding hydrogens is 343 g/mol. The Bertz CT molecular complexity index is 673. The Morgan fingerprint density at radius 2 is 1.52 bits per heavy atom. The third-order valence-electron chi connectivity index (χ3n) is 3.41. The first-order valence-electron chi connectivity index (χ1n) is 8.00. The van der Waals surface area contributed by atoms with Crippen LogP contribution < -0.4 is 9.05 Å². The van der Waals surface area contributed by atoms with Crippen LogP contribution >= 0.6 is 7.82 Å². The molecule has 1 heterocycles. The summed E-state index contributed by atoms with van der Waals surface area (Å²) in [5, 5.41) is 0. The molecule has 1 aliphatic rings. The minimum atomic E-state index is -3.89. The van der Waals surface area contributed by atoms with Crippen molar-refractivity contribution in [3.05, 3.63) is 60.7 Å². The van der Waals surface area contributed by atoms with Crippen molar-refractivity contribution in [2.75, 3.05) is 13.2 Å². The van der Waals surface area contributed by atoms with E-state index in [-0.39, 0.29) is 12.7 Å². The zero-order valence-electron chi connectivity index (χ0n) is 14.2. The quantitative estimate of drug-likeness (QED) is 0.678. The Labute approximate surface area is 147 Å². The average molecular weight is 364 g/mol. The Hall–Kier alpha value is -1.85. The third kappa shape index (κ3) is 5.31. The van der Waals surface area contributed by atoms with Crippen LogP contribution in [0.2, 0.25) is 0 Å². The summed E-state index contributed by atoms with van der Waals surface area (Å²) in [6.45, 7) is 4.01. The Kier molecular flexibility index (Phi) is 5.45. The molecule has 134 valence electrons. The summed E-state index contributed by atoms with van der Waals surface area (Å²) in [6.07, 6.45) is -0.345. The highest BCUT2D eigenvalue weighted by atomic mass is 31.2. The van der Waals surface area contributed by atoms with Crippen molar-refractivity contribution in [1.82, 2.24) is 0 Å². The maximum Gasteiger partial charge on any atom is 0.587 e. The van der Waals surface area contributed by atoms with E-state index < -0.39 is 13.6 Å². The largest absolute Gasteiger partial charge is 0.587 e. The maximum atomic E-state index is 13.1. The van der Waals surface area contributed by atoms with Gasteiger partial charge in [-0.1, -0.05) is 36.4 Å². The van der Waals surface area contributed by atoms with Gasteiger partial charge in [0, 0.05) is 0 Å². The third-order valence-corrected chi connectivity index (χ3v) is 4.74. The lowest BCUT2D eigenvalue weighted by Gasteiger charge is -2.21. The number of hydrogen-bond acceptors (Lipinski definition) is 6. The summed E-state index contributed by atoms with van der Waals surface area (Å²) in [7, 11) is -3.89. The van der Waals surface area contributed by atoms with Gasteiger partial charge in [-0.2, -0.15) is 0 Å². The Morgan fingerprint density at radius 1 is 1.00 bits per heavy atom. The number of phosphoric ester groups is 1. The fraction of sp³-hybridized carbons (Fsp3) is 0.333. The zero-order chi connectivity index (χ0) is 17.8. The minimum absolute atomic E-state index is 0.0281. The van der Waals surface area contributed by atoms with Crippen molar-refractivity contribution in [3.63, 3.8) is 0 Å². The van der Waals surface area contributed by atoms with Crippen molar-refractivity contribution < 1.29 is 27.6 Å². The highest BCUT2D eigenvalue weighted by molar-refractivity contribution is 7.49. The van der Waals surface area contributed by atoms with E-state index in [0.717, 1.165) is 0 Å². The van der Waals surface area contributed by atoms with Crippen molar-refractivity contribution in [1.29, 1.82) is 0 Å². The molecule has 0 N–H and O–H groups in total. The van der Waals surface area contributed by atoms with E-state index in [1.807, 2.05) is 26.0 Å². The van der Waals surface area contributed by atoms with Gasteiger partial charge in [-0.15, -0.1) is 0 Å². The monoisotopic (exact) mass is 364 g/mol. The van der Waals surface area contributed by atoms with Crippen LogP contribution in [-0.2, 0) is 18.6 Å². The zero-order valence-corrected chi connectivity index (χ0v) is 15.1. The molecule has 1 fully saturated rings. The van der Waals surface area contributed by atoms with Crippen LogP contribution in [0.25, 0.3) is 0 Å². The lowest BCUT2D eigenvalue weighted by molar-refractivity contribution is -0.141. The second kappa shape index (κ2) is 7.58. The van der Waals surface area contributed by atoms with E-state index in [4.69, 9.17) is 23.0 Å². The molecule has 0 unspecified atom stereocenters. The topological polar surface area (TPSA) is 63.2 Å². The van der Waals surface area contributed by atoms with Gasteiger partial charge in [-0.25, -0.2) is 4.57 Å². The first-order valence-corrected chi connectivity index (χ1v) is 9.46. The number of ether oxygens (including phenoxy) is 2. The smallest absolute Gasteiger partial charge is 0.395 e. The molecule has 1 aliphatic heterocycles. The van der Waals surface area contributed by atoms with Gasteiger partial charge in [-0.3, -0.25) is 4.52 Å². The summed E-state index contributed by atoms with van der Waals surface area (Å²) in [4.78, 5) is 0. The van der Waals surface area contributed by atoms with Gasteiger partial charge >= 0.3 is 7.82 Å². The number of hydrogen-bond donors (Lipinski definition) is 0. The first kappa shape index (κ1) is 18.0. The molecule has 7 heteroatoms. The van der Waals surface area contributed by atoms with E-state index in [0.29, 0.717) is 18.1 Å². The molecule has 1 atom stereocenters. The molecule has 0 aliphatic carbocycles. The number of rotatable bonds is 7. The second-order valence-electron chi connectivity index (χ2n) is 6.00. The predicted octanol–water partition coefficient (Wildman–Crippen LogP) is 4.42. The number of benzene rings is 2. The normalized spacial score (nSPS) is 19.5. The predicted molar refractivity (Wildman–Crippen MR) is 92.6 cm³/mol. The standard InChI is InChI=1S/C18H21O6P/c1-18(2)20-13-17(22-18)14-21-25(19,23-15-9-5-3-6-10-15)24-16-11-7-4-8-12-16/h3-12,17H,13-14H2,1-2H3/t17-/m1/s1. The van der Waals surface area contributed by atoms with Gasteiger partial charge in [-0.05, 0) is 38.1 Å². The van der Waals surface area contributed by atoms with Crippen molar-refractivity contribution in [3.8, 4) is 11.5 Å². The molecule has 0 amide bonds. The first-order chi connectivity index (χ1) is 11.9. The fourth-order valence-electron chi connectivity index (χ4n) is 2.31. The molecule has 6 nitrogen and oxygen atoms in total. The van der Waals surface area contributed by atoms with E-state index in [2.05, 4.69) is 0 Å². The summed E-state index contributed by atoms with van der Waals surface area (Å²) in [5.74, 6) is 0.106. The summed E-state index contributed by atoms with van der Waals surface area (Å²) >= 11 is 0. The van der Waals surface area contributed by atoms with E-state index >= 15 is 0 Å². The van der Waals surface area contributed by atoms with Crippen molar-refractivity contribution >= 4 is 7.82 Å². The molecule has 0 saturated carbocycles. The molecule has 1 saturated heterocycles. The van der Waals surface area contributed by atoms with Crippen LogP contribution in [0.15, 0.2) is 60.7 Å². The Morgan fingerprint density at radius 3 is 1.96 bits per heavy atom. The molecule has 0 spiro atoms. The molecular formula is C18H21O6P. The lowest BCUT2D eigenvalue weighted by atomic mass is 10.3. The van der Waals surface area contributed by atoms with Gasteiger partial charge < -0.3 is 18.5 Å². The van der Waals surface area contributed by atoms with Crippen LogP contribution in [0, 0.1) is 0 Å². The fourth-order valence-corrected chi connectivity index (χ4v) is 3.56. The average Bonchev–Trinajstić information content (AvgIpc) is 2.94. The second-order valence-corrected chi connectivity index (χ2v) is 7.52. The molecule has 0 bridgehead atoms. The Balaban J connectivity index is 1.71. The van der Waals surface area contributed by atoms with E-state index in [1.165, 1.54) is 0 Å². The summed E-state index contributed by atoms with van der Waals surface area (Å²) in [5.41, 5.74) is 0. The maximum absolute atomic E-state index is 13.1. The molecule has 0 radical (unpaired) electrons. The highest BCUT2D eigenvalue weighted by Crippen LogP contribution is 2.49. The summed E-state index contributed by atoms with van der Waals surface area (Å²) < 4.78 is 40.8. The summed E-state index contributed by atoms with van der Waals surface area (Å²) in [6, 6.07) is 17.5. The van der Waals surface area contributed by atoms with Crippen LogP contribution in [0.3, 0.4) is 0 Å². The van der Waals surface area contributed by atoms with Crippen LogP contribution in [0.5, 0.6) is 11.5 Å². The highest BCUT2D eigenvalue weighted by Gasteiger charge is 2.37. The van der Waals surface area contributed by atoms with Gasteiger partial charge in [0.2, 0.25) is 0 Å². The lowest BCUT2D eigenvalue weighted by Crippen LogP contribution is -2.24. The molecule has 25 heavy (non-hydrogen) atoms. The molecule has 2 aromatic carbocycles. The molecule has 0 aromatic heterocycles. The number of para-hydroxylation sites is 2. The molecule has 2 aromatic rings. The number of phosphoric acid groups is 1. The van der Waals surface area contributed by atoms with Crippen LogP contribution in [0.4, 0.5) is 0 Å². The van der Waals surface area contributed by atoms with E-state index in [9.17, 15) is 4.57 Å². The molecule has 3 rings (SSSR count). The minimum Gasteiger partial charge on any atom is -0.395 e. The van der Waals surface area contributed by atoms with Crippen LogP contribution in [-0.4, -0.2) is 25.1 Å². The van der Waals surface area contributed by atoms with Gasteiger partial charge in [0.1, 0.15) is 17.6 Å². The SMILES string of the molecule is CC1(C)OC[C@H](COP(=O)(Oc2ccccc2)Oc2ccccc2)O1. The van der Waals surface area contributed by atoms with Crippen molar-refractivity contribution in [2.24, 2.45) is 0 Å². The van der Waals surface area contributed by atoms with Gasteiger partial charge in [0.05, 0.1) is 13.2 Å².